The summed E-state index contributed by atoms with van der Waals surface area (Å²) in [5, 5.41) is 0. The molecular formula is C17H12F2N2O3S. The molecule has 0 N–H and O–H groups in total. The summed E-state index contributed by atoms with van der Waals surface area (Å²) in [5.41, 5.74) is 0.582. The number of hydrogen-bond donors (Lipinski definition) is 0. The van der Waals surface area contributed by atoms with Crippen molar-refractivity contribution in [2.24, 2.45) is 4.99 Å². The molecule has 1 aliphatic rings. The number of nitrogens with zero attached hydrogens (tertiary/aromatic N) is 2. The number of fused-ring (bicyclic) bond motifs is 2. The van der Waals surface area contributed by atoms with Crippen molar-refractivity contribution in [1.82, 2.24) is 4.57 Å². The molecule has 0 saturated carbocycles. The molecule has 1 amide bonds. The van der Waals surface area contributed by atoms with Gasteiger partial charge in [0, 0.05) is 24.7 Å². The molecule has 3 aromatic rings. The summed E-state index contributed by atoms with van der Waals surface area (Å²) in [5.74, 6) is -1.16. The largest absolute Gasteiger partial charge is 0.454 e. The van der Waals surface area contributed by atoms with Gasteiger partial charge in [0.15, 0.2) is 16.3 Å². The molecule has 8 heteroatoms. The second kappa shape index (κ2) is 5.96. The van der Waals surface area contributed by atoms with Crippen LogP contribution in [0.5, 0.6) is 11.5 Å². The van der Waals surface area contributed by atoms with Crippen LogP contribution >= 0.6 is 11.3 Å². The van der Waals surface area contributed by atoms with Gasteiger partial charge in [0.2, 0.25) is 6.79 Å². The number of aryl methyl sites for hydroxylation is 1. The van der Waals surface area contributed by atoms with Gasteiger partial charge in [-0.15, -0.1) is 0 Å². The van der Waals surface area contributed by atoms with Gasteiger partial charge in [0.05, 0.1) is 15.8 Å². The number of aromatic nitrogens is 1. The summed E-state index contributed by atoms with van der Waals surface area (Å²) in [6.45, 7) is 2.66. The van der Waals surface area contributed by atoms with Crippen LogP contribution in [0.25, 0.3) is 10.2 Å². The minimum absolute atomic E-state index is 0.179. The van der Waals surface area contributed by atoms with E-state index in [4.69, 9.17) is 9.47 Å². The quantitative estimate of drug-likeness (QED) is 0.701. The van der Waals surface area contributed by atoms with Crippen LogP contribution in [-0.2, 0) is 6.54 Å². The highest BCUT2D eigenvalue weighted by atomic mass is 32.1. The van der Waals surface area contributed by atoms with Gasteiger partial charge >= 0.3 is 0 Å². The normalized spacial score (nSPS) is 13.6. The first-order valence-electron chi connectivity index (χ1n) is 7.54. The number of hydrogen-bond acceptors (Lipinski definition) is 4. The maximum Gasteiger partial charge on any atom is 0.282 e. The number of rotatable bonds is 2. The summed E-state index contributed by atoms with van der Waals surface area (Å²) in [7, 11) is 0. The molecule has 0 bridgehead atoms. The molecule has 0 aliphatic carbocycles. The van der Waals surface area contributed by atoms with E-state index in [1.165, 1.54) is 11.3 Å². The van der Waals surface area contributed by atoms with Gasteiger partial charge in [-0.3, -0.25) is 4.79 Å². The highest BCUT2D eigenvalue weighted by Gasteiger charge is 2.18. The van der Waals surface area contributed by atoms with Crippen molar-refractivity contribution in [2.75, 3.05) is 6.79 Å². The lowest BCUT2D eigenvalue weighted by Crippen LogP contribution is -2.16. The van der Waals surface area contributed by atoms with Crippen LogP contribution in [0, 0.1) is 11.6 Å². The van der Waals surface area contributed by atoms with Crippen molar-refractivity contribution in [3.05, 3.63) is 52.3 Å². The van der Waals surface area contributed by atoms with E-state index in [0.29, 0.717) is 28.9 Å². The molecule has 128 valence electrons. The van der Waals surface area contributed by atoms with E-state index in [2.05, 4.69) is 4.99 Å². The molecule has 0 atom stereocenters. The molecule has 0 saturated heterocycles. The lowest BCUT2D eigenvalue weighted by atomic mass is 10.2. The van der Waals surface area contributed by atoms with Gasteiger partial charge in [-0.1, -0.05) is 11.3 Å². The van der Waals surface area contributed by atoms with E-state index in [1.54, 1.807) is 0 Å². The second-order valence-electron chi connectivity index (χ2n) is 5.34. The minimum atomic E-state index is -0.932. The minimum Gasteiger partial charge on any atom is -0.454 e. The third kappa shape index (κ3) is 2.68. The third-order valence-electron chi connectivity index (χ3n) is 3.85. The van der Waals surface area contributed by atoms with E-state index in [9.17, 15) is 13.6 Å². The predicted molar refractivity (Wildman–Crippen MR) is 87.9 cm³/mol. The Hall–Kier alpha value is -2.74. The maximum atomic E-state index is 13.8. The molecule has 0 spiro atoms. The van der Waals surface area contributed by atoms with E-state index in [-0.39, 0.29) is 12.4 Å². The van der Waals surface area contributed by atoms with Gasteiger partial charge in [0.1, 0.15) is 11.6 Å². The summed E-state index contributed by atoms with van der Waals surface area (Å²) < 4.78 is 40.2. The Kier molecular flexibility index (Phi) is 3.76. The zero-order chi connectivity index (χ0) is 17.6. The first kappa shape index (κ1) is 15.8. The number of carbonyl (C=O) groups excluding carboxylic acids is 1. The molecule has 2 heterocycles. The van der Waals surface area contributed by atoms with Crippen LogP contribution in [0.4, 0.5) is 8.78 Å². The summed E-state index contributed by atoms with van der Waals surface area (Å²) in [4.78, 5) is 16.8. The standard InChI is InChI=1S/C17H12F2N2O3S/c1-2-21-12-6-13-14(24-8-23-13)7-15(12)25-17(21)20-16(22)10-4-3-9(18)5-11(10)19/h3-7H,2,8H2,1H3. The van der Waals surface area contributed by atoms with E-state index >= 15 is 0 Å². The lowest BCUT2D eigenvalue weighted by molar-refractivity contribution is 0.0994. The van der Waals surface area contributed by atoms with Crippen LogP contribution in [0.15, 0.2) is 35.3 Å². The number of benzene rings is 2. The number of carbonyl (C=O) groups is 1. The van der Waals surface area contributed by atoms with Crippen LogP contribution < -0.4 is 14.3 Å². The van der Waals surface area contributed by atoms with E-state index < -0.39 is 17.5 Å². The molecular weight excluding hydrogens is 350 g/mol. The summed E-state index contributed by atoms with van der Waals surface area (Å²) in [6, 6.07) is 6.46. The van der Waals surface area contributed by atoms with Gasteiger partial charge in [-0.05, 0) is 19.1 Å². The Bertz CT molecular complexity index is 1070. The Balaban J connectivity index is 1.85. The molecule has 1 aromatic heterocycles. The van der Waals surface area contributed by atoms with Crippen LogP contribution in [0.3, 0.4) is 0 Å². The Morgan fingerprint density at radius 1 is 1.24 bits per heavy atom. The molecule has 0 unspecified atom stereocenters. The third-order valence-corrected chi connectivity index (χ3v) is 4.89. The number of halogens is 2. The van der Waals surface area contributed by atoms with Crippen LogP contribution in [-0.4, -0.2) is 17.3 Å². The van der Waals surface area contributed by atoms with E-state index in [1.807, 2.05) is 23.6 Å². The zero-order valence-electron chi connectivity index (χ0n) is 13.1. The van der Waals surface area contributed by atoms with Crippen molar-refractivity contribution >= 4 is 27.5 Å². The lowest BCUT2D eigenvalue weighted by Gasteiger charge is -2.02. The summed E-state index contributed by atoms with van der Waals surface area (Å²) >= 11 is 1.29. The highest BCUT2D eigenvalue weighted by molar-refractivity contribution is 7.16. The van der Waals surface area contributed by atoms with Crippen molar-refractivity contribution in [3.63, 3.8) is 0 Å². The zero-order valence-corrected chi connectivity index (χ0v) is 13.9. The molecule has 5 nitrogen and oxygen atoms in total. The number of amides is 1. The molecule has 2 aromatic carbocycles. The van der Waals surface area contributed by atoms with Crippen molar-refractivity contribution in [3.8, 4) is 11.5 Å². The molecule has 1 aliphatic heterocycles. The van der Waals surface area contributed by atoms with Gasteiger partial charge < -0.3 is 14.0 Å². The van der Waals surface area contributed by atoms with Crippen LogP contribution in [0.1, 0.15) is 17.3 Å². The maximum absolute atomic E-state index is 13.8. The fourth-order valence-electron chi connectivity index (χ4n) is 2.66. The first-order chi connectivity index (χ1) is 12.1. The second-order valence-corrected chi connectivity index (χ2v) is 6.35. The van der Waals surface area contributed by atoms with Gasteiger partial charge in [-0.2, -0.15) is 4.99 Å². The monoisotopic (exact) mass is 362 g/mol. The fourth-order valence-corrected chi connectivity index (χ4v) is 3.76. The van der Waals surface area contributed by atoms with Crippen LogP contribution in [0.2, 0.25) is 0 Å². The fraction of sp³-hybridized carbons (Fsp3) is 0.176. The SMILES string of the molecule is CCn1c(=NC(=O)c2ccc(F)cc2F)sc2cc3c(cc21)OCO3. The first-order valence-corrected chi connectivity index (χ1v) is 8.35. The van der Waals surface area contributed by atoms with Crippen molar-refractivity contribution in [1.29, 1.82) is 0 Å². The Labute approximate surface area is 144 Å². The number of thiazole rings is 1. The molecule has 0 fully saturated rings. The average Bonchev–Trinajstić information content (AvgIpc) is 3.15. The number of ether oxygens (including phenoxy) is 2. The average molecular weight is 362 g/mol. The molecule has 4 rings (SSSR count). The Morgan fingerprint density at radius 2 is 2.00 bits per heavy atom. The predicted octanol–water partition coefficient (Wildman–Crippen LogP) is 3.47. The van der Waals surface area contributed by atoms with Crippen molar-refractivity contribution in [2.45, 2.75) is 13.5 Å². The van der Waals surface area contributed by atoms with Crippen molar-refractivity contribution < 1.29 is 23.0 Å². The van der Waals surface area contributed by atoms with Gasteiger partial charge in [0.25, 0.3) is 5.91 Å². The van der Waals surface area contributed by atoms with Gasteiger partial charge in [-0.25, -0.2) is 8.78 Å². The topological polar surface area (TPSA) is 52.8 Å². The highest BCUT2D eigenvalue weighted by Crippen LogP contribution is 2.36. The molecule has 25 heavy (non-hydrogen) atoms. The van der Waals surface area contributed by atoms with E-state index in [0.717, 1.165) is 22.3 Å². The molecule has 0 radical (unpaired) electrons. The summed E-state index contributed by atoms with van der Waals surface area (Å²) in [6.07, 6.45) is 0. The Morgan fingerprint density at radius 3 is 2.72 bits per heavy atom. The smallest absolute Gasteiger partial charge is 0.282 e.